The first-order valence-electron chi connectivity index (χ1n) is 9.70. The molecule has 4 rings (SSSR count). The van der Waals surface area contributed by atoms with Crippen LogP contribution < -0.4 is 5.32 Å². The first-order chi connectivity index (χ1) is 15.4. The standard InChI is InChI=1S/C21H20N6O3S2/c1-12-8-14(3)27-19(22-12)25-21(26-27)32-11-15-6-4-5-7-16(15)18(29)30-9-17(28)24-20-23-13(2)10-31-20/h4-8,10H,9,11H2,1-3H3,(H,23,24,28). The predicted octanol–water partition coefficient (Wildman–Crippen LogP) is 3.59. The van der Waals surface area contributed by atoms with Crippen molar-refractivity contribution in [3.63, 3.8) is 0 Å². The van der Waals surface area contributed by atoms with Crippen molar-refractivity contribution in [1.29, 1.82) is 0 Å². The maximum Gasteiger partial charge on any atom is 0.338 e. The fourth-order valence-electron chi connectivity index (χ4n) is 2.97. The average Bonchev–Trinajstić information content (AvgIpc) is 3.36. The lowest BCUT2D eigenvalue weighted by Crippen LogP contribution is -2.21. The smallest absolute Gasteiger partial charge is 0.338 e. The number of hydrogen-bond acceptors (Lipinski definition) is 9. The van der Waals surface area contributed by atoms with Crippen LogP contribution in [-0.2, 0) is 15.3 Å². The molecule has 9 nitrogen and oxygen atoms in total. The van der Waals surface area contributed by atoms with Gasteiger partial charge in [-0.3, -0.25) is 10.1 Å². The number of hydrogen-bond donors (Lipinski definition) is 1. The minimum atomic E-state index is -0.567. The Morgan fingerprint density at radius 1 is 1.12 bits per heavy atom. The van der Waals surface area contributed by atoms with E-state index in [2.05, 4.69) is 25.4 Å². The highest BCUT2D eigenvalue weighted by atomic mass is 32.2. The van der Waals surface area contributed by atoms with Crippen LogP contribution in [0.1, 0.15) is 33.0 Å². The van der Waals surface area contributed by atoms with Gasteiger partial charge in [0.15, 0.2) is 11.7 Å². The zero-order valence-corrected chi connectivity index (χ0v) is 19.3. The quantitative estimate of drug-likeness (QED) is 0.324. The third kappa shape index (κ3) is 5.11. The number of carbonyl (C=O) groups is 2. The van der Waals surface area contributed by atoms with Crippen LogP contribution in [0.15, 0.2) is 40.9 Å². The van der Waals surface area contributed by atoms with Crippen molar-refractivity contribution in [2.45, 2.75) is 31.7 Å². The predicted molar refractivity (Wildman–Crippen MR) is 122 cm³/mol. The molecule has 0 radical (unpaired) electrons. The second kappa shape index (κ2) is 9.45. The third-order valence-electron chi connectivity index (χ3n) is 4.39. The number of amides is 1. The molecule has 0 atom stereocenters. The normalized spacial score (nSPS) is 11.0. The summed E-state index contributed by atoms with van der Waals surface area (Å²) in [4.78, 5) is 37.6. The van der Waals surface area contributed by atoms with Crippen molar-refractivity contribution in [1.82, 2.24) is 24.6 Å². The molecule has 0 bridgehead atoms. The molecule has 4 aromatic rings. The van der Waals surface area contributed by atoms with Crippen molar-refractivity contribution in [3.05, 3.63) is 63.9 Å². The van der Waals surface area contributed by atoms with E-state index in [0.717, 1.165) is 22.6 Å². The maximum absolute atomic E-state index is 12.6. The third-order valence-corrected chi connectivity index (χ3v) is 6.15. The Labute approximate surface area is 192 Å². The highest BCUT2D eigenvalue weighted by Crippen LogP contribution is 2.23. The van der Waals surface area contributed by atoms with E-state index in [4.69, 9.17) is 4.74 Å². The van der Waals surface area contributed by atoms with Crippen LogP contribution in [0.4, 0.5) is 5.13 Å². The van der Waals surface area contributed by atoms with Gasteiger partial charge in [-0.25, -0.2) is 19.3 Å². The second-order valence-corrected chi connectivity index (χ2v) is 8.81. The van der Waals surface area contributed by atoms with E-state index < -0.39 is 18.5 Å². The average molecular weight is 469 g/mol. The fourth-order valence-corrected chi connectivity index (χ4v) is 4.50. The van der Waals surface area contributed by atoms with Crippen LogP contribution in [0.5, 0.6) is 0 Å². The van der Waals surface area contributed by atoms with E-state index in [1.165, 1.54) is 23.1 Å². The van der Waals surface area contributed by atoms with Gasteiger partial charge in [-0.1, -0.05) is 30.0 Å². The lowest BCUT2D eigenvalue weighted by molar-refractivity contribution is -0.119. The number of benzene rings is 1. The molecular weight excluding hydrogens is 448 g/mol. The van der Waals surface area contributed by atoms with Crippen molar-refractivity contribution in [3.8, 4) is 0 Å². The summed E-state index contributed by atoms with van der Waals surface area (Å²) in [5, 5.41) is 9.95. The molecule has 0 saturated heterocycles. The van der Waals surface area contributed by atoms with Gasteiger partial charge in [0.1, 0.15) is 0 Å². The number of esters is 1. The molecule has 0 spiro atoms. The zero-order chi connectivity index (χ0) is 22.7. The van der Waals surface area contributed by atoms with E-state index >= 15 is 0 Å². The number of thiazole rings is 1. The van der Waals surface area contributed by atoms with Gasteiger partial charge in [0, 0.05) is 22.5 Å². The number of ether oxygens (including phenoxy) is 1. The summed E-state index contributed by atoms with van der Waals surface area (Å²) in [6.07, 6.45) is 0. The van der Waals surface area contributed by atoms with Gasteiger partial charge in [0.05, 0.1) is 11.3 Å². The van der Waals surface area contributed by atoms with Crippen molar-refractivity contribution in [2.24, 2.45) is 0 Å². The number of thioether (sulfide) groups is 1. The number of carbonyl (C=O) groups excluding carboxylic acids is 2. The van der Waals surface area contributed by atoms with Crippen LogP contribution >= 0.6 is 23.1 Å². The largest absolute Gasteiger partial charge is 0.452 e. The van der Waals surface area contributed by atoms with Gasteiger partial charge in [0.2, 0.25) is 5.16 Å². The monoisotopic (exact) mass is 468 g/mol. The first kappa shape index (κ1) is 21.9. The summed E-state index contributed by atoms with van der Waals surface area (Å²) in [5.74, 6) is -0.00127. The minimum absolute atomic E-state index is 0.392. The summed E-state index contributed by atoms with van der Waals surface area (Å²) >= 11 is 2.71. The second-order valence-electron chi connectivity index (χ2n) is 7.01. The van der Waals surface area contributed by atoms with Gasteiger partial charge in [-0.2, -0.15) is 4.98 Å². The van der Waals surface area contributed by atoms with Gasteiger partial charge in [0.25, 0.3) is 11.7 Å². The van der Waals surface area contributed by atoms with Crippen LogP contribution in [0.3, 0.4) is 0 Å². The lowest BCUT2D eigenvalue weighted by atomic mass is 10.1. The van der Waals surface area contributed by atoms with E-state index in [1.54, 1.807) is 16.6 Å². The Morgan fingerprint density at radius 2 is 1.94 bits per heavy atom. The summed E-state index contributed by atoms with van der Waals surface area (Å²) in [6.45, 7) is 5.30. The van der Waals surface area contributed by atoms with E-state index in [9.17, 15) is 9.59 Å². The molecule has 164 valence electrons. The number of nitrogens with one attached hydrogen (secondary N) is 1. The summed E-state index contributed by atoms with van der Waals surface area (Å²) in [5.41, 5.74) is 3.79. The Balaban J connectivity index is 1.39. The number of fused-ring (bicyclic) bond motifs is 1. The fraction of sp³-hybridized carbons (Fsp3) is 0.238. The lowest BCUT2D eigenvalue weighted by Gasteiger charge is -2.08. The number of rotatable bonds is 7. The Bertz CT molecular complexity index is 1300. The molecule has 0 fully saturated rings. The topological polar surface area (TPSA) is 111 Å². The highest BCUT2D eigenvalue weighted by Gasteiger charge is 2.16. The van der Waals surface area contributed by atoms with E-state index in [1.807, 2.05) is 44.4 Å². The maximum atomic E-state index is 12.6. The van der Waals surface area contributed by atoms with Gasteiger partial charge < -0.3 is 4.74 Å². The summed E-state index contributed by atoms with van der Waals surface area (Å²) < 4.78 is 6.90. The Morgan fingerprint density at radius 3 is 2.72 bits per heavy atom. The molecule has 1 aromatic carbocycles. The Kier molecular flexibility index (Phi) is 6.47. The molecule has 3 aromatic heterocycles. The molecule has 0 aliphatic heterocycles. The SMILES string of the molecule is Cc1csc(NC(=O)COC(=O)c2ccccc2CSc2nc3nc(C)cc(C)n3n2)n1. The molecule has 0 aliphatic carbocycles. The van der Waals surface area contributed by atoms with Crippen LogP contribution in [0.25, 0.3) is 5.78 Å². The zero-order valence-electron chi connectivity index (χ0n) is 17.7. The van der Waals surface area contributed by atoms with Crippen LogP contribution in [0.2, 0.25) is 0 Å². The van der Waals surface area contributed by atoms with E-state index in [-0.39, 0.29) is 0 Å². The molecular formula is C21H20N6O3S2. The molecule has 1 N–H and O–H groups in total. The van der Waals surface area contributed by atoms with E-state index in [0.29, 0.717) is 27.4 Å². The van der Waals surface area contributed by atoms with Gasteiger partial charge in [-0.05, 0) is 38.5 Å². The van der Waals surface area contributed by atoms with Gasteiger partial charge >= 0.3 is 5.97 Å². The molecule has 11 heteroatoms. The highest BCUT2D eigenvalue weighted by molar-refractivity contribution is 7.98. The van der Waals surface area contributed by atoms with Crippen molar-refractivity contribution >= 4 is 45.9 Å². The number of anilines is 1. The van der Waals surface area contributed by atoms with Crippen molar-refractivity contribution in [2.75, 3.05) is 11.9 Å². The molecule has 0 saturated carbocycles. The molecule has 3 heterocycles. The van der Waals surface area contributed by atoms with Crippen molar-refractivity contribution < 1.29 is 14.3 Å². The summed E-state index contributed by atoms with van der Waals surface area (Å²) in [6, 6.07) is 9.05. The number of aromatic nitrogens is 5. The summed E-state index contributed by atoms with van der Waals surface area (Å²) in [7, 11) is 0. The van der Waals surface area contributed by atoms with Crippen LogP contribution in [0, 0.1) is 20.8 Å². The Hall–Kier alpha value is -3.31. The van der Waals surface area contributed by atoms with Gasteiger partial charge in [-0.15, -0.1) is 16.4 Å². The number of nitrogens with zero attached hydrogens (tertiary/aromatic N) is 5. The van der Waals surface area contributed by atoms with Crippen LogP contribution in [-0.4, -0.2) is 43.0 Å². The minimum Gasteiger partial charge on any atom is -0.452 e. The number of aryl methyl sites for hydroxylation is 3. The first-order valence-corrected chi connectivity index (χ1v) is 11.6. The molecule has 32 heavy (non-hydrogen) atoms. The molecule has 0 unspecified atom stereocenters. The molecule has 1 amide bonds. The molecule has 0 aliphatic rings.